The Bertz CT molecular complexity index is 598. The van der Waals surface area contributed by atoms with E-state index in [1.165, 1.54) is 6.07 Å². The third-order valence-corrected chi connectivity index (χ3v) is 3.07. The van der Waals surface area contributed by atoms with Crippen LogP contribution in [0.25, 0.3) is 10.8 Å². The van der Waals surface area contributed by atoms with Gasteiger partial charge in [-0.3, -0.25) is 0 Å². The maximum absolute atomic E-state index is 14.2. The fraction of sp³-hybridized carbons (Fsp3) is 0.250. The van der Waals surface area contributed by atoms with E-state index in [-0.39, 0.29) is 11.6 Å². The summed E-state index contributed by atoms with van der Waals surface area (Å²) in [7, 11) is 0. The third kappa shape index (κ3) is 2.42. The van der Waals surface area contributed by atoms with Gasteiger partial charge in [0, 0.05) is 10.8 Å². The van der Waals surface area contributed by atoms with Gasteiger partial charge in [-0.15, -0.1) is 0 Å². The first-order valence-corrected chi connectivity index (χ1v) is 6.12. The summed E-state index contributed by atoms with van der Waals surface area (Å²) in [6.45, 7) is 3.79. The van der Waals surface area contributed by atoms with Crippen LogP contribution < -0.4 is 0 Å². The molecule has 0 heterocycles. The van der Waals surface area contributed by atoms with Gasteiger partial charge in [0.15, 0.2) is 0 Å². The van der Waals surface area contributed by atoms with Gasteiger partial charge in [0.2, 0.25) is 0 Å². The molecule has 0 atom stereocenters. The Morgan fingerprint density at radius 2 is 1.89 bits per heavy atom. The van der Waals surface area contributed by atoms with Crippen molar-refractivity contribution in [3.05, 3.63) is 59.2 Å². The number of hydrogen-bond donors (Lipinski definition) is 0. The maximum atomic E-state index is 14.2. The molecule has 0 saturated heterocycles. The zero-order valence-corrected chi connectivity index (χ0v) is 10.6. The van der Waals surface area contributed by atoms with Crippen molar-refractivity contribution in [2.75, 3.05) is 0 Å². The predicted octanol–water partition coefficient (Wildman–Crippen LogP) is 4.94. The molecule has 0 aromatic heterocycles. The summed E-state index contributed by atoms with van der Waals surface area (Å²) in [5, 5.41) is 0.735. The van der Waals surface area contributed by atoms with Crippen LogP contribution in [0, 0.1) is 18.6 Å². The smallest absolute Gasteiger partial charge is 0.134 e. The molecule has 94 valence electrons. The van der Waals surface area contributed by atoms with Crippen LogP contribution in [0.1, 0.15) is 24.5 Å². The Kier molecular flexibility index (Phi) is 3.75. The highest BCUT2D eigenvalue weighted by molar-refractivity contribution is 5.85. The minimum atomic E-state index is -0.342. The van der Waals surface area contributed by atoms with E-state index in [2.05, 4.69) is 0 Å². The highest BCUT2D eigenvalue weighted by atomic mass is 19.1. The molecule has 2 aromatic rings. The minimum absolute atomic E-state index is 0.295. The summed E-state index contributed by atoms with van der Waals surface area (Å²) in [5.74, 6) is -0.638. The molecule has 0 bridgehead atoms. The molecule has 2 aromatic carbocycles. The Morgan fingerprint density at radius 3 is 2.61 bits per heavy atom. The quantitative estimate of drug-likeness (QED) is 0.673. The van der Waals surface area contributed by atoms with E-state index in [0.717, 1.165) is 12.0 Å². The van der Waals surface area contributed by atoms with Crippen LogP contribution in [0.2, 0.25) is 0 Å². The van der Waals surface area contributed by atoms with Crippen LogP contribution in [-0.4, -0.2) is 0 Å². The molecule has 2 rings (SSSR count). The summed E-state index contributed by atoms with van der Waals surface area (Å²) >= 11 is 0. The zero-order valence-electron chi connectivity index (χ0n) is 10.6. The van der Waals surface area contributed by atoms with E-state index >= 15 is 0 Å². The Labute approximate surface area is 106 Å². The van der Waals surface area contributed by atoms with Crippen molar-refractivity contribution in [2.24, 2.45) is 0 Å². The van der Waals surface area contributed by atoms with Crippen LogP contribution in [0.15, 0.2) is 36.4 Å². The fourth-order valence-corrected chi connectivity index (χ4v) is 2.10. The molecule has 0 radical (unpaired) electrons. The number of allylic oxidation sites excluding steroid dienone is 2. The van der Waals surface area contributed by atoms with Crippen molar-refractivity contribution >= 4 is 10.8 Å². The predicted molar refractivity (Wildman–Crippen MR) is 71.7 cm³/mol. The number of hydrogen-bond acceptors (Lipinski definition) is 0. The van der Waals surface area contributed by atoms with Crippen molar-refractivity contribution in [3.63, 3.8) is 0 Å². The molecule has 0 amide bonds. The van der Waals surface area contributed by atoms with E-state index in [0.29, 0.717) is 22.8 Å². The van der Waals surface area contributed by atoms with E-state index in [1.807, 2.05) is 26.0 Å². The summed E-state index contributed by atoms with van der Waals surface area (Å²) < 4.78 is 28.1. The average molecular weight is 246 g/mol. The SMILES string of the molecule is CC=CCCc1cc(F)c2cc(C)ccc2c1F. The summed E-state index contributed by atoms with van der Waals surface area (Å²) in [6, 6.07) is 6.47. The summed E-state index contributed by atoms with van der Waals surface area (Å²) in [5.41, 5.74) is 1.38. The molecule has 0 unspecified atom stereocenters. The van der Waals surface area contributed by atoms with Crippen LogP contribution in [0.5, 0.6) is 0 Å². The Morgan fingerprint density at radius 1 is 1.11 bits per heavy atom. The van der Waals surface area contributed by atoms with E-state index in [9.17, 15) is 8.78 Å². The number of benzene rings is 2. The molecular formula is C16H16F2. The number of halogens is 2. The second-order valence-electron chi connectivity index (χ2n) is 4.49. The van der Waals surface area contributed by atoms with E-state index < -0.39 is 0 Å². The van der Waals surface area contributed by atoms with Gasteiger partial charge in [0.1, 0.15) is 11.6 Å². The first kappa shape index (κ1) is 12.7. The minimum Gasteiger partial charge on any atom is -0.206 e. The van der Waals surface area contributed by atoms with Crippen molar-refractivity contribution < 1.29 is 8.78 Å². The number of rotatable bonds is 3. The molecule has 0 fully saturated rings. The standard InChI is InChI=1S/C16H16F2/c1-3-4-5-6-12-10-15(17)14-9-11(2)7-8-13(14)16(12)18/h3-4,7-10H,5-6H2,1-2H3. The van der Waals surface area contributed by atoms with E-state index in [1.54, 1.807) is 18.2 Å². The second kappa shape index (κ2) is 5.30. The second-order valence-corrected chi connectivity index (χ2v) is 4.49. The zero-order chi connectivity index (χ0) is 13.1. The lowest BCUT2D eigenvalue weighted by atomic mass is 10.0. The van der Waals surface area contributed by atoms with Crippen LogP contribution in [0.4, 0.5) is 8.78 Å². The van der Waals surface area contributed by atoms with Gasteiger partial charge in [-0.05, 0) is 44.4 Å². The van der Waals surface area contributed by atoms with Crippen molar-refractivity contribution in [3.8, 4) is 0 Å². The molecular weight excluding hydrogens is 230 g/mol. The highest BCUT2D eigenvalue weighted by Crippen LogP contribution is 2.26. The molecule has 2 heteroatoms. The van der Waals surface area contributed by atoms with Crippen molar-refractivity contribution in [1.82, 2.24) is 0 Å². The van der Waals surface area contributed by atoms with Gasteiger partial charge in [-0.2, -0.15) is 0 Å². The Hall–Kier alpha value is -1.70. The number of aryl methyl sites for hydroxylation is 2. The van der Waals surface area contributed by atoms with Gasteiger partial charge in [0.25, 0.3) is 0 Å². The third-order valence-electron chi connectivity index (χ3n) is 3.07. The molecule has 0 aliphatic rings. The lowest BCUT2D eigenvalue weighted by Gasteiger charge is -2.08. The Balaban J connectivity index is 2.51. The fourth-order valence-electron chi connectivity index (χ4n) is 2.10. The molecule has 0 saturated carbocycles. The van der Waals surface area contributed by atoms with Gasteiger partial charge < -0.3 is 0 Å². The molecule has 0 aliphatic carbocycles. The first-order valence-electron chi connectivity index (χ1n) is 6.12. The van der Waals surface area contributed by atoms with Gasteiger partial charge in [-0.1, -0.05) is 29.8 Å². The van der Waals surface area contributed by atoms with Crippen LogP contribution >= 0.6 is 0 Å². The van der Waals surface area contributed by atoms with Gasteiger partial charge in [0.05, 0.1) is 0 Å². The molecule has 0 spiro atoms. The lowest BCUT2D eigenvalue weighted by Crippen LogP contribution is -1.95. The van der Waals surface area contributed by atoms with Crippen molar-refractivity contribution in [1.29, 1.82) is 0 Å². The van der Waals surface area contributed by atoms with Gasteiger partial charge in [-0.25, -0.2) is 8.78 Å². The summed E-state index contributed by atoms with van der Waals surface area (Å²) in [6.07, 6.45) is 5.12. The van der Waals surface area contributed by atoms with Crippen LogP contribution in [-0.2, 0) is 6.42 Å². The molecule has 0 nitrogen and oxygen atoms in total. The van der Waals surface area contributed by atoms with E-state index in [4.69, 9.17) is 0 Å². The highest BCUT2D eigenvalue weighted by Gasteiger charge is 2.11. The largest absolute Gasteiger partial charge is 0.206 e. The normalized spacial score (nSPS) is 11.6. The van der Waals surface area contributed by atoms with Crippen molar-refractivity contribution in [2.45, 2.75) is 26.7 Å². The molecule has 0 aliphatic heterocycles. The molecule has 0 N–H and O–H groups in total. The van der Waals surface area contributed by atoms with Gasteiger partial charge >= 0.3 is 0 Å². The average Bonchev–Trinajstić information content (AvgIpc) is 2.35. The first-order chi connectivity index (χ1) is 8.63. The lowest BCUT2D eigenvalue weighted by molar-refractivity contribution is 0.602. The van der Waals surface area contributed by atoms with Crippen LogP contribution in [0.3, 0.4) is 0 Å². The maximum Gasteiger partial charge on any atom is 0.134 e. The number of fused-ring (bicyclic) bond motifs is 1. The summed E-state index contributed by atoms with van der Waals surface area (Å²) in [4.78, 5) is 0. The monoisotopic (exact) mass is 246 g/mol. The molecule has 18 heavy (non-hydrogen) atoms. The topological polar surface area (TPSA) is 0 Å².